The molecule has 1 atom stereocenters. The maximum Gasteiger partial charge on any atom is 0.231 e. The molecule has 1 fully saturated rings. The average molecular weight is 306 g/mol. The van der Waals surface area contributed by atoms with Crippen LogP contribution in [0.15, 0.2) is 18.2 Å². The fourth-order valence-electron chi connectivity index (χ4n) is 2.78. The van der Waals surface area contributed by atoms with Gasteiger partial charge in [0, 0.05) is 6.54 Å². The second-order valence-corrected chi connectivity index (χ2v) is 6.36. The smallest absolute Gasteiger partial charge is 0.231 e. The highest BCUT2D eigenvalue weighted by Crippen LogP contribution is 2.24. The average Bonchev–Trinajstić information content (AvgIpc) is 2.63. The third-order valence-electron chi connectivity index (χ3n) is 4.38. The van der Waals surface area contributed by atoms with Crippen LogP contribution >= 0.6 is 0 Å². The van der Waals surface area contributed by atoms with E-state index in [0.717, 1.165) is 18.7 Å². The molecule has 1 aromatic rings. The summed E-state index contributed by atoms with van der Waals surface area (Å²) in [6.07, 6.45) is 2.10. The molecule has 1 aromatic carbocycles. The van der Waals surface area contributed by atoms with Crippen molar-refractivity contribution in [2.24, 2.45) is 5.73 Å². The fourth-order valence-corrected chi connectivity index (χ4v) is 2.78. The van der Waals surface area contributed by atoms with Crippen molar-refractivity contribution in [1.29, 1.82) is 0 Å². The number of primary amides is 1. The molecule has 3 N–H and O–H groups in total. The van der Waals surface area contributed by atoms with Crippen molar-refractivity contribution >= 4 is 5.91 Å². The van der Waals surface area contributed by atoms with Gasteiger partial charge in [0.15, 0.2) is 0 Å². The van der Waals surface area contributed by atoms with Crippen molar-refractivity contribution in [2.75, 3.05) is 26.2 Å². The van der Waals surface area contributed by atoms with Crippen LogP contribution in [0, 0.1) is 13.8 Å². The number of hydrogen-bond acceptors (Lipinski definition) is 4. The summed E-state index contributed by atoms with van der Waals surface area (Å²) < 4.78 is 5.80. The van der Waals surface area contributed by atoms with E-state index in [1.165, 1.54) is 11.1 Å². The lowest BCUT2D eigenvalue weighted by Gasteiger charge is -2.27. The van der Waals surface area contributed by atoms with Gasteiger partial charge in [-0.05, 0) is 62.9 Å². The molecule has 1 aliphatic heterocycles. The first-order chi connectivity index (χ1) is 10.4. The number of aliphatic hydroxyl groups is 1. The summed E-state index contributed by atoms with van der Waals surface area (Å²) in [7, 11) is 0. The standard InChI is InChI=1S/C17H26N2O3/c1-13-4-5-15(10-14(13)2)22-12-17(21)6-3-8-19(9-7-17)11-16(18)20/h4-5,10,21H,3,6-9,11-12H2,1-2H3,(H2,18,20). The zero-order valence-electron chi connectivity index (χ0n) is 13.5. The summed E-state index contributed by atoms with van der Waals surface area (Å²) in [5.41, 5.74) is 6.80. The molecule has 5 heteroatoms. The van der Waals surface area contributed by atoms with Crippen LogP contribution in [0.5, 0.6) is 5.75 Å². The highest BCUT2D eigenvalue weighted by Gasteiger charge is 2.31. The molecule has 0 spiro atoms. The van der Waals surface area contributed by atoms with Gasteiger partial charge in [0.05, 0.1) is 12.1 Å². The van der Waals surface area contributed by atoms with Crippen LogP contribution in [0.3, 0.4) is 0 Å². The van der Waals surface area contributed by atoms with Gasteiger partial charge in [-0.25, -0.2) is 0 Å². The number of hydrogen-bond donors (Lipinski definition) is 2. The molecule has 1 heterocycles. The minimum Gasteiger partial charge on any atom is -0.491 e. The van der Waals surface area contributed by atoms with Crippen LogP contribution in [-0.2, 0) is 4.79 Å². The number of aryl methyl sites for hydroxylation is 2. The molecule has 22 heavy (non-hydrogen) atoms. The number of nitrogens with zero attached hydrogens (tertiary/aromatic N) is 1. The highest BCUT2D eigenvalue weighted by atomic mass is 16.5. The molecule has 0 bridgehead atoms. The van der Waals surface area contributed by atoms with E-state index in [4.69, 9.17) is 10.5 Å². The fraction of sp³-hybridized carbons (Fsp3) is 0.588. The summed E-state index contributed by atoms with van der Waals surface area (Å²) in [5, 5.41) is 10.7. The van der Waals surface area contributed by atoms with E-state index in [0.29, 0.717) is 19.4 Å². The van der Waals surface area contributed by atoms with Crippen LogP contribution in [0.25, 0.3) is 0 Å². The maximum atomic E-state index is 11.0. The molecule has 0 aromatic heterocycles. The first-order valence-electron chi connectivity index (χ1n) is 7.81. The number of ether oxygens (including phenoxy) is 1. The van der Waals surface area contributed by atoms with Gasteiger partial charge in [0.1, 0.15) is 12.4 Å². The minimum absolute atomic E-state index is 0.258. The van der Waals surface area contributed by atoms with Gasteiger partial charge < -0.3 is 15.6 Å². The normalized spacial score (nSPS) is 23.0. The number of likely N-dealkylation sites (tertiary alicyclic amines) is 1. The Hall–Kier alpha value is -1.59. The first-order valence-corrected chi connectivity index (χ1v) is 7.81. The molecule has 0 radical (unpaired) electrons. The minimum atomic E-state index is -0.842. The van der Waals surface area contributed by atoms with Gasteiger partial charge in [0.25, 0.3) is 0 Å². The van der Waals surface area contributed by atoms with Crippen molar-refractivity contribution < 1.29 is 14.6 Å². The zero-order chi connectivity index (χ0) is 16.2. The number of nitrogens with two attached hydrogens (primary N) is 1. The van der Waals surface area contributed by atoms with Crippen molar-refractivity contribution in [1.82, 2.24) is 4.90 Å². The Balaban J connectivity index is 1.90. The Morgan fingerprint density at radius 1 is 1.32 bits per heavy atom. The van der Waals surface area contributed by atoms with Crippen LogP contribution in [0.1, 0.15) is 30.4 Å². The van der Waals surface area contributed by atoms with Crippen molar-refractivity contribution in [2.45, 2.75) is 38.7 Å². The Morgan fingerprint density at radius 2 is 2.09 bits per heavy atom. The van der Waals surface area contributed by atoms with Crippen LogP contribution in [0.2, 0.25) is 0 Å². The summed E-state index contributed by atoms with van der Waals surface area (Å²) >= 11 is 0. The molecule has 1 saturated heterocycles. The lowest BCUT2D eigenvalue weighted by atomic mass is 9.96. The molecular formula is C17H26N2O3. The Morgan fingerprint density at radius 3 is 2.77 bits per heavy atom. The third kappa shape index (κ3) is 4.71. The Bertz CT molecular complexity index is 533. The Kier molecular flexibility index (Phi) is 5.42. The maximum absolute atomic E-state index is 11.0. The van der Waals surface area contributed by atoms with Gasteiger partial charge in [-0.15, -0.1) is 0 Å². The van der Waals surface area contributed by atoms with Crippen LogP contribution in [0.4, 0.5) is 0 Å². The largest absolute Gasteiger partial charge is 0.491 e. The summed E-state index contributed by atoms with van der Waals surface area (Å²) in [6, 6.07) is 5.95. The van der Waals surface area contributed by atoms with E-state index in [2.05, 4.69) is 6.92 Å². The summed E-state index contributed by atoms with van der Waals surface area (Å²) in [4.78, 5) is 13.0. The lowest BCUT2D eigenvalue weighted by molar-refractivity contribution is -0.119. The van der Waals surface area contributed by atoms with E-state index in [1.807, 2.05) is 30.0 Å². The second kappa shape index (κ2) is 7.11. The number of carbonyl (C=O) groups excluding carboxylic acids is 1. The molecule has 0 aliphatic carbocycles. The SMILES string of the molecule is Cc1ccc(OCC2(O)CCCN(CC(N)=O)CC2)cc1C. The predicted octanol–water partition coefficient (Wildman–Crippen LogP) is 1.38. The number of carbonyl (C=O) groups is 1. The topological polar surface area (TPSA) is 75.8 Å². The van der Waals surface area contributed by atoms with Gasteiger partial charge in [-0.2, -0.15) is 0 Å². The van der Waals surface area contributed by atoms with Gasteiger partial charge in [0.2, 0.25) is 5.91 Å². The third-order valence-corrected chi connectivity index (χ3v) is 4.38. The number of amides is 1. The van der Waals surface area contributed by atoms with E-state index >= 15 is 0 Å². The number of rotatable bonds is 5. The molecule has 1 amide bonds. The molecule has 5 nitrogen and oxygen atoms in total. The lowest BCUT2D eigenvalue weighted by Crippen LogP contribution is -2.38. The van der Waals surface area contributed by atoms with Crippen LogP contribution in [-0.4, -0.2) is 47.8 Å². The summed E-state index contributed by atoms with van der Waals surface area (Å²) in [5.74, 6) is 0.464. The quantitative estimate of drug-likeness (QED) is 0.862. The predicted molar refractivity (Wildman–Crippen MR) is 85.8 cm³/mol. The molecule has 2 rings (SSSR count). The van der Waals surface area contributed by atoms with E-state index in [1.54, 1.807) is 0 Å². The Labute approximate surface area is 132 Å². The van der Waals surface area contributed by atoms with E-state index in [-0.39, 0.29) is 19.1 Å². The van der Waals surface area contributed by atoms with Crippen LogP contribution < -0.4 is 10.5 Å². The van der Waals surface area contributed by atoms with Gasteiger partial charge in [-0.3, -0.25) is 9.69 Å². The first kappa shape index (κ1) is 16.8. The van der Waals surface area contributed by atoms with E-state index in [9.17, 15) is 9.90 Å². The van der Waals surface area contributed by atoms with Gasteiger partial charge in [-0.1, -0.05) is 6.07 Å². The molecule has 0 saturated carbocycles. The monoisotopic (exact) mass is 306 g/mol. The van der Waals surface area contributed by atoms with Crippen molar-refractivity contribution in [3.05, 3.63) is 29.3 Å². The van der Waals surface area contributed by atoms with Gasteiger partial charge >= 0.3 is 0 Å². The molecule has 1 unspecified atom stereocenters. The van der Waals surface area contributed by atoms with Crippen molar-refractivity contribution in [3.63, 3.8) is 0 Å². The second-order valence-electron chi connectivity index (χ2n) is 6.36. The highest BCUT2D eigenvalue weighted by molar-refractivity contribution is 5.75. The molecular weight excluding hydrogens is 280 g/mol. The zero-order valence-corrected chi connectivity index (χ0v) is 13.5. The van der Waals surface area contributed by atoms with Crippen molar-refractivity contribution in [3.8, 4) is 5.75 Å². The van der Waals surface area contributed by atoms with E-state index < -0.39 is 5.60 Å². The molecule has 1 aliphatic rings. The summed E-state index contributed by atoms with van der Waals surface area (Å²) in [6.45, 7) is 6.09. The number of benzene rings is 1. The molecule has 122 valence electrons.